The summed E-state index contributed by atoms with van der Waals surface area (Å²) >= 11 is 0. The van der Waals surface area contributed by atoms with Gasteiger partial charge in [0.25, 0.3) is 0 Å². The Hall–Kier alpha value is -2.76. The molecule has 0 N–H and O–H groups in total. The van der Waals surface area contributed by atoms with Crippen LogP contribution in [0.1, 0.15) is 11.1 Å². The fraction of sp³-hybridized carbons (Fsp3) is 0.188. The summed E-state index contributed by atoms with van der Waals surface area (Å²) in [5.41, 5.74) is 3.33. The molecule has 0 aliphatic carbocycles. The normalized spacial score (nSPS) is 11.0. The van der Waals surface area contributed by atoms with E-state index in [4.69, 9.17) is 14.2 Å². The molecule has 24 heavy (non-hydrogen) atoms. The van der Waals surface area contributed by atoms with Crippen LogP contribution in [-0.4, -0.2) is 45.8 Å². The molecule has 2 aromatic rings. The molecule has 0 spiro atoms. The van der Waals surface area contributed by atoms with Crippen LogP contribution in [0.4, 0.5) is 0 Å². The maximum absolute atomic E-state index is 12.0. The number of carbonyl (C=O) groups is 1. The minimum atomic E-state index is -0.480. The minimum absolute atomic E-state index is 0.318. The van der Waals surface area contributed by atoms with E-state index in [0.717, 1.165) is 11.0 Å². The number of rotatable bonds is 5. The van der Waals surface area contributed by atoms with Crippen LogP contribution in [0.5, 0.6) is 11.6 Å². The highest BCUT2D eigenvalue weighted by Gasteiger charge is 2.17. The van der Waals surface area contributed by atoms with Crippen LogP contribution in [0.15, 0.2) is 30.7 Å². The van der Waals surface area contributed by atoms with Crippen molar-refractivity contribution in [3.05, 3.63) is 41.8 Å². The third-order valence-electron chi connectivity index (χ3n) is 3.40. The van der Waals surface area contributed by atoms with Crippen molar-refractivity contribution < 1.29 is 19.0 Å². The van der Waals surface area contributed by atoms with Crippen molar-refractivity contribution in [1.82, 2.24) is 9.97 Å². The summed E-state index contributed by atoms with van der Waals surface area (Å²) in [6.07, 6.45) is 3.06. The van der Waals surface area contributed by atoms with Crippen LogP contribution in [-0.2, 0) is 14.3 Å². The maximum atomic E-state index is 12.0. The zero-order valence-corrected chi connectivity index (χ0v) is 14.4. The lowest BCUT2D eigenvalue weighted by molar-refractivity contribution is -0.133. The Labute approximate surface area is 142 Å². The van der Waals surface area contributed by atoms with Crippen LogP contribution in [0.2, 0.25) is 0 Å². The van der Waals surface area contributed by atoms with Crippen LogP contribution in [0, 0.1) is 6.92 Å². The molecule has 6 nitrogen and oxygen atoms in total. The van der Waals surface area contributed by atoms with Gasteiger partial charge in [-0.25, -0.2) is 9.78 Å². The first kappa shape index (κ1) is 17.6. The number of nitrogens with zero attached hydrogens (tertiary/aromatic N) is 2. The quantitative estimate of drug-likeness (QED) is 0.312. The summed E-state index contributed by atoms with van der Waals surface area (Å²) in [6.45, 7) is 1.89. The molecule has 0 bridgehead atoms. The predicted molar refractivity (Wildman–Crippen MR) is 96.6 cm³/mol. The Bertz CT molecular complexity index is 794. The van der Waals surface area contributed by atoms with Crippen LogP contribution >= 0.6 is 0 Å². The van der Waals surface area contributed by atoms with Crippen LogP contribution in [0.3, 0.4) is 0 Å². The van der Waals surface area contributed by atoms with E-state index in [2.05, 4.69) is 9.97 Å². The molecule has 0 saturated heterocycles. The lowest BCUT2D eigenvalue weighted by atomic mass is 9.98. The standard InChI is InChI=1S/C16H18B2N2O4/c1-9-4-5-10(24-14-13(17)7-19-16(18)20-14)6-11(9)12(8-22-2)15(21)23-3/h4-8H,17-18H2,1-3H3/b12-8+. The molecule has 0 unspecified atom stereocenters. The molecule has 0 aliphatic rings. The summed E-state index contributed by atoms with van der Waals surface area (Å²) in [7, 11) is 6.47. The van der Waals surface area contributed by atoms with Gasteiger partial charge in [0, 0.05) is 6.20 Å². The molecule has 0 aliphatic heterocycles. The smallest absolute Gasteiger partial charge is 0.341 e. The molecule has 1 aromatic carbocycles. The van der Waals surface area contributed by atoms with Gasteiger partial charge in [-0.05, 0) is 35.6 Å². The Morgan fingerprint density at radius 2 is 2.00 bits per heavy atom. The number of ether oxygens (including phenoxy) is 3. The average Bonchev–Trinajstić information content (AvgIpc) is 2.57. The lowest BCUT2D eigenvalue weighted by Gasteiger charge is -2.13. The van der Waals surface area contributed by atoms with E-state index in [1.807, 2.05) is 26.9 Å². The molecule has 0 fully saturated rings. The zero-order chi connectivity index (χ0) is 17.7. The Morgan fingerprint density at radius 3 is 2.67 bits per heavy atom. The molecule has 122 valence electrons. The van der Waals surface area contributed by atoms with Crippen molar-refractivity contribution in [3.63, 3.8) is 0 Å². The van der Waals surface area contributed by atoms with Crippen molar-refractivity contribution in [2.75, 3.05) is 14.2 Å². The second kappa shape index (κ2) is 7.68. The fourth-order valence-electron chi connectivity index (χ4n) is 2.13. The Morgan fingerprint density at radius 1 is 1.25 bits per heavy atom. The molecule has 1 heterocycles. The maximum Gasteiger partial charge on any atom is 0.341 e. The van der Waals surface area contributed by atoms with Gasteiger partial charge in [-0.15, -0.1) is 0 Å². The van der Waals surface area contributed by atoms with Gasteiger partial charge in [0.2, 0.25) is 5.88 Å². The van der Waals surface area contributed by atoms with E-state index < -0.39 is 5.97 Å². The van der Waals surface area contributed by atoms with E-state index in [1.54, 1.807) is 20.1 Å². The number of carbonyl (C=O) groups excluding carboxylic acids is 1. The van der Waals surface area contributed by atoms with E-state index in [-0.39, 0.29) is 0 Å². The summed E-state index contributed by atoms with van der Waals surface area (Å²) in [5, 5.41) is 0. The molecule has 0 atom stereocenters. The van der Waals surface area contributed by atoms with E-state index >= 15 is 0 Å². The fourth-order valence-corrected chi connectivity index (χ4v) is 2.13. The number of hydrogen-bond acceptors (Lipinski definition) is 6. The summed E-state index contributed by atoms with van der Waals surface area (Å²) < 4.78 is 15.7. The molecule has 0 radical (unpaired) electrons. The van der Waals surface area contributed by atoms with Crippen molar-refractivity contribution in [3.8, 4) is 11.6 Å². The van der Waals surface area contributed by atoms with Gasteiger partial charge in [-0.1, -0.05) is 6.07 Å². The third-order valence-corrected chi connectivity index (χ3v) is 3.40. The van der Waals surface area contributed by atoms with Gasteiger partial charge < -0.3 is 14.2 Å². The molecular weight excluding hydrogens is 306 g/mol. The summed E-state index contributed by atoms with van der Waals surface area (Å²) in [6, 6.07) is 5.44. The third kappa shape index (κ3) is 3.95. The second-order valence-electron chi connectivity index (χ2n) is 5.24. The van der Waals surface area contributed by atoms with Gasteiger partial charge in [-0.2, -0.15) is 0 Å². The molecular formula is C16H18B2N2O4. The molecule has 1 aromatic heterocycles. The number of esters is 1. The highest BCUT2D eigenvalue weighted by molar-refractivity contribution is 6.34. The number of benzene rings is 1. The first-order valence-electron chi connectivity index (χ1n) is 7.36. The van der Waals surface area contributed by atoms with Crippen molar-refractivity contribution in [2.45, 2.75) is 6.92 Å². The lowest BCUT2D eigenvalue weighted by Crippen LogP contribution is -2.21. The molecule has 2 rings (SSSR count). The first-order chi connectivity index (χ1) is 11.5. The van der Waals surface area contributed by atoms with Gasteiger partial charge in [0.15, 0.2) is 7.85 Å². The van der Waals surface area contributed by atoms with E-state index in [1.165, 1.54) is 20.5 Å². The predicted octanol–water partition coefficient (Wildman–Crippen LogP) is -0.746. The van der Waals surface area contributed by atoms with Crippen molar-refractivity contribution in [1.29, 1.82) is 0 Å². The highest BCUT2D eigenvalue weighted by atomic mass is 16.5. The van der Waals surface area contributed by atoms with Gasteiger partial charge in [-0.3, -0.25) is 4.98 Å². The van der Waals surface area contributed by atoms with Crippen molar-refractivity contribution >= 4 is 38.4 Å². The molecule has 0 amide bonds. The Kier molecular flexibility index (Phi) is 5.63. The molecule has 8 heteroatoms. The average molecular weight is 324 g/mol. The molecule has 0 saturated carbocycles. The number of aromatic nitrogens is 2. The first-order valence-corrected chi connectivity index (χ1v) is 7.36. The van der Waals surface area contributed by atoms with Gasteiger partial charge in [0.05, 0.1) is 26.2 Å². The zero-order valence-electron chi connectivity index (χ0n) is 14.4. The minimum Gasteiger partial charge on any atom is -0.503 e. The van der Waals surface area contributed by atoms with Crippen LogP contribution < -0.4 is 15.9 Å². The Balaban J connectivity index is 2.43. The number of hydrogen-bond donors (Lipinski definition) is 0. The topological polar surface area (TPSA) is 70.5 Å². The monoisotopic (exact) mass is 324 g/mol. The largest absolute Gasteiger partial charge is 0.503 e. The number of aryl methyl sites for hydroxylation is 1. The second-order valence-corrected chi connectivity index (χ2v) is 5.24. The number of methoxy groups -OCH3 is 2. The SMILES string of the molecule is Bc1ncc(B)c(Oc2ccc(C)c(/C(=C\OC)C(=O)OC)c2)n1. The summed E-state index contributed by atoms with van der Waals surface area (Å²) in [4.78, 5) is 20.4. The summed E-state index contributed by atoms with van der Waals surface area (Å²) in [5.74, 6) is 0.557. The van der Waals surface area contributed by atoms with Gasteiger partial charge in [0.1, 0.15) is 19.2 Å². The van der Waals surface area contributed by atoms with E-state index in [0.29, 0.717) is 28.5 Å². The van der Waals surface area contributed by atoms with Crippen molar-refractivity contribution in [2.24, 2.45) is 0 Å². The van der Waals surface area contributed by atoms with E-state index in [9.17, 15) is 4.79 Å². The highest BCUT2D eigenvalue weighted by Crippen LogP contribution is 2.27. The van der Waals surface area contributed by atoms with Crippen LogP contribution in [0.25, 0.3) is 5.57 Å². The van der Waals surface area contributed by atoms with Gasteiger partial charge >= 0.3 is 5.97 Å².